The van der Waals surface area contributed by atoms with Gasteiger partial charge in [0.1, 0.15) is 10.8 Å². The van der Waals surface area contributed by atoms with Crippen molar-refractivity contribution in [3.8, 4) is 11.3 Å². The molecule has 0 aliphatic heterocycles. The summed E-state index contributed by atoms with van der Waals surface area (Å²) >= 11 is 1.72. The van der Waals surface area contributed by atoms with E-state index in [0.29, 0.717) is 6.04 Å². The predicted octanol–water partition coefficient (Wildman–Crippen LogP) is 3.51. The second-order valence-electron chi connectivity index (χ2n) is 4.67. The number of halogens is 1. The van der Waals surface area contributed by atoms with Crippen molar-refractivity contribution in [1.82, 2.24) is 10.3 Å². The van der Waals surface area contributed by atoms with Gasteiger partial charge in [-0.15, -0.1) is 11.3 Å². The monoisotopic (exact) mass is 262 g/mol. The third-order valence-corrected chi connectivity index (χ3v) is 4.05. The zero-order valence-electron chi connectivity index (χ0n) is 10.2. The average molecular weight is 262 g/mol. The van der Waals surface area contributed by atoms with Crippen molar-refractivity contribution < 1.29 is 4.39 Å². The number of thiazole rings is 1. The largest absolute Gasteiger partial charge is 0.308 e. The fraction of sp³-hybridized carbons (Fsp3) is 0.357. The minimum atomic E-state index is -0.206. The molecule has 1 aliphatic carbocycles. The molecule has 4 heteroatoms. The third kappa shape index (κ3) is 2.60. The highest BCUT2D eigenvalue weighted by atomic mass is 32.1. The zero-order valence-corrected chi connectivity index (χ0v) is 11.1. The van der Waals surface area contributed by atoms with E-state index in [9.17, 15) is 4.39 Å². The van der Waals surface area contributed by atoms with E-state index < -0.39 is 0 Å². The number of hydrogen-bond acceptors (Lipinski definition) is 3. The van der Waals surface area contributed by atoms with Crippen LogP contribution in [0.2, 0.25) is 0 Å². The van der Waals surface area contributed by atoms with Crippen LogP contribution in [-0.4, -0.2) is 11.0 Å². The van der Waals surface area contributed by atoms with E-state index in [1.54, 1.807) is 23.5 Å². The van der Waals surface area contributed by atoms with E-state index in [4.69, 9.17) is 0 Å². The van der Waals surface area contributed by atoms with Crippen LogP contribution in [0.15, 0.2) is 24.3 Å². The fourth-order valence-corrected chi connectivity index (χ4v) is 2.83. The van der Waals surface area contributed by atoms with Crippen LogP contribution in [0.25, 0.3) is 11.3 Å². The number of benzene rings is 1. The summed E-state index contributed by atoms with van der Waals surface area (Å²) in [4.78, 5) is 5.83. The van der Waals surface area contributed by atoms with Gasteiger partial charge in [-0.2, -0.15) is 0 Å². The molecule has 0 bridgehead atoms. The van der Waals surface area contributed by atoms with Gasteiger partial charge >= 0.3 is 0 Å². The Hall–Kier alpha value is -1.26. The second kappa shape index (κ2) is 4.78. The van der Waals surface area contributed by atoms with Crippen molar-refractivity contribution >= 4 is 11.3 Å². The van der Waals surface area contributed by atoms with Gasteiger partial charge in [0.05, 0.1) is 5.69 Å². The highest BCUT2D eigenvalue weighted by Crippen LogP contribution is 2.28. The van der Waals surface area contributed by atoms with Gasteiger partial charge in [-0.1, -0.05) is 0 Å². The van der Waals surface area contributed by atoms with E-state index in [2.05, 4.69) is 17.2 Å². The molecule has 2 aromatic rings. The van der Waals surface area contributed by atoms with Crippen molar-refractivity contribution in [2.24, 2.45) is 0 Å². The summed E-state index contributed by atoms with van der Waals surface area (Å²) in [7, 11) is 0. The summed E-state index contributed by atoms with van der Waals surface area (Å²) in [6.45, 7) is 2.91. The van der Waals surface area contributed by atoms with Crippen LogP contribution in [0.3, 0.4) is 0 Å². The van der Waals surface area contributed by atoms with Gasteiger partial charge in [0.25, 0.3) is 0 Å². The standard InChI is InChI=1S/C14H15FN2S/c1-9-14(10-2-4-11(15)5-3-10)17-13(18-9)8-16-12-6-7-12/h2-5,12,16H,6-8H2,1H3. The molecule has 1 fully saturated rings. The van der Waals surface area contributed by atoms with E-state index in [1.807, 2.05) is 0 Å². The first-order valence-corrected chi connectivity index (χ1v) is 6.99. The molecule has 1 heterocycles. The van der Waals surface area contributed by atoms with Crippen LogP contribution in [0, 0.1) is 12.7 Å². The summed E-state index contributed by atoms with van der Waals surface area (Å²) in [6, 6.07) is 7.24. The van der Waals surface area contributed by atoms with E-state index >= 15 is 0 Å². The van der Waals surface area contributed by atoms with Gasteiger partial charge in [0.2, 0.25) is 0 Å². The highest BCUT2D eigenvalue weighted by Gasteiger charge is 2.21. The van der Waals surface area contributed by atoms with E-state index in [-0.39, 0.29) is 5.82 Å². The Bertz CT molecular complexity index is 543. The molecule has 1 aliphatic rings. The maximum Gasteiger partial charge on any atom is 0.123 e. The Morgan fingerprint density at radius 1 is 1.33 bits per heavy atom. The molecule has 2 nitrogen and oxygen atoms in total. The van der Waals surface area contributed by atoms with E-state index in [0.717, 1.165) is 22.8 Å². The molecule has 0 unspecified atom stereocenters. The van der Waals surface area contributed by atoms with Crippen molar-refractivity contribution in [3.63, 3.8) is 0 Å². The topological polar surface area (TPSA) is 24.9 Å². The molecule has 0 spiro atoms. The van der Waals surface area contributed by atoms with Gasteiger partial charge in [-0.25, -0.2) is 9.37 Å². The van der Waals surface area contributed by atoms with Crippen LogP contribution >= 0.6 is 11.3 Å². The summed E-state index contributed by atoms with van der Waals surface area (Å²) < 4.78 is 12.9. The molecule has 94 valence electrons. The zero-order chi connectivity index (χ0) is 12.5. The smallest absolute Gasteiger partial charge is 0.123 e. The lowest BCUT2D eigenvalue weighted by atomic mass is 10.1. The van der Waals surface area contributed by atoms with Crippen LogP contribution in [0.5, 0.6) is 0 Å². The molecule has 1 aromatic carbocycles. The van der Waals surface area contributed by atoms with Crippen LogP contribution in [-0.2, 0) is 6.54 Å². The van der Waals surface area contributed by atoms with Crippen LogP contribution in [0.4, 0.5) is 4.39 Å². The molecule has 1 aromatic heterocycles. The lowest BCUT2D eigenvalue weighted by Gasteiger charge is -1.98. The minimum Gasteiger partial charge on any atom is -0.308 e. The summed E-state index contributed by atoms with van der Waals surface area (Å²) in [5.41, 5.74) is 1.97. The summed E-state index contributed by atoms with van der Waals surface area (Å²) in [6.07, 6.45) is 2.57. The third-order valence-electron chi connectivity index (χ3n) is 3.08. The molecule has 18 heavy (non-hydrogen) atoms. The Labute approximate surface area is 110 Å². The number of nitrogens with zero attached hydrogens (tertiary/aromatic N) is 1. The molecule has 0 radical (unpaired) electrons. The number of aryl methyl sites for hydroxylation is 1. The molecular formula is C14H15FN2S. The normalized spacial score (nSPS) is 15.0. The SMILES string of the molecule is Cc1sc(CNC2CC2)nc1-c1ccc(F)cc1. The molecule has 3 rings (SSSR count). The van der Waals surface area contributed by atoms with Gasteiger partial charge < -0.3 is 5.32 Å². The number of nitrogens with one attached hydrogen (secondary N) is 1. The maximum atomic E-state index is 12.9. The van der Waals surface area contributed by atoms with Gasteiger partial charge in [-0.3, -0.25) is 0 Å². The quantitative estimate of drug-likeness (QED) is 0.912. The van der Waals surface area contributed by atoms with Crippen molar-refractivity contribution in [2.75, 3.05) is 0 Å². The Kier molecular flexibility index (Phi) is 3.14. The van der Waals surface area contributed by atoms with Crippen molar-refractivity contribution in [1.29, 1.82) is 0 Å². The lowest BCUT2D eigenvalue weighted by molar-refractivity contribution is 0.628. The molecule has 0 atom stereocenters. The molecular weight excluding hydrogens is 247 g/mol. The van der Waals surface area contributed by atoms with Gasteiger partial charge in [0, 0.05) is 23.0 Å². The molecule has 1 saturated carbocycles. The summed E-state index contributed by atoms with van der Waals surface area (Å²) in [5.74, 6) is -0.206. The first kappa shape index (κ1) is 11.8. The first-order chi connectivity index (χ1) is 8.72. The van der Waals surface area contributed by atoms with Crippen LogP contribution < -0.4 is 5.32 Å². The van der Waals surface area contributed by atoms with Gasteiger partial charge in [0.15, 0.2) is 0 Å². The summed E-state index contributed by atoms with van der Waals surface area (Å²) in [5, 5.41) is 4.57. The first-order valence-electron chi connectivity index (χ1n) is 6.18. The Balaban J connectivity index is 1.80. The lowest BCUT2D eigenvalue weighted by Crippen LogP contribution is -2.14. The molecule has 0 saturated heterocycles. The van der Waals surface area contributed by atoms with Crippen molar-refractivity contribution in [3.05, 3.63) is 40.0 Å². The van der Waals surface area contributed by atoms with Gasteiger partial charge in [-0.05, 0) is 44.0 Å². The Morgan fingerprint density at radius 2 is 2.06 bits per heavy atom. The number of aromatic nitrogens is 1. The fourth-order valence-electron chi connectivity index (χ4n) is 1.92. The molecule has 0 amide bonds. The number of rotatable bonds is 4. The molecule has 1 N–H and O–H groups in total. The number of hydrogen-bond donors (Lipinski definition) is 1. The second-order valence-corrected chi connectivity index (χ2v) is 5.96. The van der Waals surface area contributed by atoms with Crippen molar-refractivity contribution in [2.45, 2.75) is 32.4 Å². The minimum absolute atomic E-state index is 0.206. The Morgan fingerprint density at radius 3 is 2.72 bits per heavy atom. The van der Waals surface area contributed by atoms with E-state index in [1.165, 1.54) is 29.9 Å². The maximum absolute atomic E-state index is 12.9. The van der Waals surface area contributed by atoms with Crippen LogP contribution in [0.1, 0.15) is 22.7 Å². The average Bonchev–Trinajstić information content (AvgIpc) is 3.12. The predicted molar refractivity (Wildman–Crippen MR) is 72.1 cm³/mol. The highest BCUT2D eigenvalue weighted by molar-refractivity contribution is 7.12.